The summed E-state index contributed by atoms with van der Waals surface area (Å²) in [6.45, 7) is -5.04. The third-order valence-corrected chi connectivity index (χ3v) is 2.16. The molecule has 0 saturated heterocycles. The first-order chi connectivity index (χ1) is 7.02. The number of nitrogens with zero attached hydrogens (tertiary/aromatic N) is 1. The first kappa shape index (κ1) is 13.8. The van der Waals surface area contributed by atoms with Crippen molar-refractivity contribution in [1.29, 1.82) is 5.26 Å². The van der Waals surface area contributed by atoms with E-state index in [1.54, 1.807) is 6.07 Å². The van der Waals surface area contributed by atoms with Gasteiger partial charge in [-0.1, -0.05) is 12.1 Å². The van der Waals surface area contributed by atoms with Crippen LogP contribution < -0.4 is 57.0 Å². The zero-order valence-electron chi connectivity index (χ0n) is 8.47. The molecule has 0 spiro atoms. The van der Waals surface area contributed by atoms with E-state index in [0.717, 1.165) is 6.07 Å². The van der Waals surface area contributed by atoms with Gasteiger partial charge in [0.15, 0.2) is 0 Å². The number of halogens is 3. The third kappa shape index (κ3) is 2.52. The summed E-state index contributed by atoms with van der Waals surface area (Å²) in [5, 5.41) is 9.02. The van der Waals surface area contributed by atoms with Crippen LogP contribution in [0, 0.1) is 11.3 Å². The van der Waals surface area contributed by atoms with Gasteiger partial charge in [-0.05, 0) is 17.7 Å². The number of hydrogen-bond acceptors (Lipinski definition) is 1. The second-order valence-electron chi connectivity index (χ2n) is 3.18. The smallest absolute Gasteiger partial charge is 0.444 e. The van der Waals surface area contributed by atoms with E-state index >= 15 is 0 Å². The number of hydrogen-bond donors (Lipinski definition) is 1. The molecule has 0 aliphatic heterocycles. The Kier molecular flexibility index (Phi) is 4.26. The molecule has 1 aromatic heterocycles. The predicted molar refractivity (Wildman–Crippen MR) is 51.7 cm³/mol. The van der Waals surface area contributed by atoms with E-state index in [2.05, 4.69) is 4.98 Å². The number of aromatic amines is 1. The Morgan fingerprint density at radius 2 is 1.94 bits per heavy atom. The molecular weight excluding hydrogens is 243 g/mol. The van der Waals surface area contributed by atoms with Gasteiger partial charge >= 0.3 is 58.4 Å². The Morgan fingerprint density at radius 3 is 2.50 bits per heavy atom. The molecule has 1 heterocycles. The minimum absolute atomic E-state index is 0. The maximum Gasteiger partial charge on any atom is 1.00 e. The molecule has 2 rings (SSSR count). The van der Waals surface area contributed by atoms with E-state index in [4.69, 9.17) is 5.26 Å². The van der Waals surface area contributed by atoms with Gasteiger partial charge in [0.2, 0.25) is 0 Å². The molecule has 0 aliphatic carbocycles. The minimum atomic E-state index is -5.04. The van der Waals surface area contributed by atoms with E-state index < -0.39 is 12.6 Å². The fourth-order valence-corrected chi connectivity index (χ4v) is 1.45. The number of fused-ring (bicyclic) bond motifs is 1. The number of nitriles is 1. The minimum Gasteiger partial charge on any atom is -0.444 e. The van der Waals surface area contributed by atoms with Gasteiger partial charge in [-0.15, -0.1) is 0 Å². The van der Waals surface area contributed by atoms with E-state index in [9.17, 15) is 12.9 Å². The van der Waals surface area contributed by atoms with Crippen LogP contribution in [0.4, 0.5) is 12.9 Å². The molecule has 2 aromatic rings. The Labute approximate surface area is 132 Å². The quantitative estimate of drug-likeness (QED) is 0.652. The SMILES string of the molecule is N#Cc1cccc2[nH]c([B-](F)(F)F)cc12.[K+]. The monoisotopic (exact) mass is 248 g/mol. The maximum atomic E-state index is 12.4. The summed E-state index contributed by atoms with van der Waals surface area (Å²) in [5.74, 6) is 0. The predicted octanol–water partition coefficient (Wildman–Crippen LogP) is -0.902. The molecule has 0 fully saturated rings. The Morgan fingerprint density at radius 1 is 1.25 bits per heavy atom. The standard InChI is InChI=1S/C9H5BF3N2.K/c11-10(12,13)9-4-7-6(5-14)2-1-3-8(7)15-9;/h1-4,15H;/q-1;+1. The molecular formula is C9H5BF3KN2. The van der Waals surface area contributed by atoms with E-state index in [1.165, 1.54) is 12.1 Å². The molecule has 0 amide bonds. The summed E-state index contributed by atoms with van der Waals surface area (Å²) in [4.78, 5) is 2.26. The summed E-state index contributed by atoms with van der Waals surface area (Å²) in [6, 6.07) is 7.39. The topological polar surface area (TPSA) is 39.6 Å². The summed E-state index contributed by atoms with van der Waals surface area (Å²) in [6.07, 6.45) is 0. The van der Waals surface area contributed by atoms with Crippen LogP contribution >= 0.6 is 0 Å². The first-order valence-corrected chi connectivity index (χ1v) is 4.24. The molecule has 1 N–H and O–H groups in total. The molecule has 0 radical (unpaired) electrons. The van der Waals surface area contributed by atoms with Gasteiger partial charge in [0, 0.05) is 10.9 Å². The average molecular weight is 248 g/mol. The molecule has 0 unspecified atom stereocenters. The molecule has 2 nitrogen and oxygen atoms in total. The molecule has 16 heavy (non-hydrogen) atoms. The summed E-state index contributed by atoms with van der Waals surface area (Å²) in [7, 11) is 0. The van der Waals surface area contributed by atoms with E-state index in [1.807, 2.05) is 6.07 Å². The van der Waals surface area contributed by atoms with Crippen LogP contribution in [0.1, 0.15) is 5.56 Å². The average Bonchev–Trinajstić information content (AvgIpc) is 2.59. The van der Waals surface area contributed by atoms with Gasteiger partial charge in [-0.2, -0.15) is 5.26 Å². The molecule has 76 valence electrons. The van der Waals surface area contributed by atoms with Gasteiger partial charge in [0.05, 0.1) is 11.6 Å². The van der Waals surface area contributed by atoms with Crippen LogP contribution in [0.15, 0.2) is 24.3 Å². The normalized spacial score (nSPS) is 10.9. The van der Waals surface area contributed by atoms with Crippen LogP contribution in [0.5, 0.6) is 0 Å². The fourth-order valence-electron chi connectivity index (χ4n) is 1.45. The molecule has 7 heteroatoms. The molecule has 0 saturated carbocycles. The van der Waals surface area contributed by atoms with E-state index in [-0.39, 0.29) is 56.9 Å². The van der Waals surface area contributed by atoms with Crippen molar-refractivity contribution < 1.29 is 64.3 Å². The number of benzene rings is 1. The summed E-state index contributed by atoms with van der Waals surface area (Å²) >= 11 is 0. The van der Waals surface area contributed by atoms with Crippen molar-refractivity contribution in [1.82, 2.24) is 4.98 Å². The molecule has 0 aliphatic rings. The van der Waals surface area contributed by atoms with Gasteiger partial charge in [-0.25, -0.2) is 0 Å². The van der Waals surface area contributed by atoms with Crippen molar-refractivity contribution in [2.75, 3.05) is 0 Å². The Hall–Kier alpha value is -0.259. The van der Waals surface area contributed by atoms with Crippen LogP contribution in [-0.2, 0) is 0 Å². The first-order valence-electron chi connectivity index (χ1n) is 4.24. The number of nitrogens with one attached hydrogen (secondary N) is 1. The third-order valence-electron chi connectivity index (χ3n) is 2.16. The van der Waals surface area contributed by atoms with Crippen LogP contribution in [0.3, 0.4) is 0 Å². The van der Waals surface area contributed by atoms with Gasteiger partial charge in [0.25, 0.3) is 0 Å². The second kappa shape index (κ2) is 4.94. The maximum absolute atomic E-state index is 12.4. The Bertz CT molecular complexity index is 556. The summed E-state index contributed by atoms with van der Waals surface area (Å²) < 4.78 is 37.2. The zero-order chi connectivity index (χ0) is 11.1. The van der Waals surface area contributed by atoms with Crippen molar-refractivity contribution in [3.05, 3.63) is 29.8 Å². The Balaban J connectivity index is 0.00000128. The van der Waals surface area contributed by atoms with Gasteiger partial charge < -0.3 is 17.9 Å². The molecule has 1 aromatic carbocycles. The van der Waals surface area contributed by atoms with Gasteiger partial charge in [0.1, 0.15) is 0 Å². The van der Waals surface area contributed by atoms with Crippen molar-refractivity contribution >= 4 is 23.5 Å². The van der Waals surface area contributed by atoms with Crippen molar-refractivity contribution in [3.8, 4) is 6.07 Å². The fraction of sp³-hybridized carbons (Fsp3) is 0. The van der Waals surface area contributed by atoms with E-state index in [0.29, 0.717) is 10.9 Å². The van der Waals surface area contributed by atoms with Crippen LogP contribution in [-0.4, -0.2) is 12.0 Å². The van der Waals surface area contributed by atoms with Crippen LogP contribution in [0.25, 0.3) is 10.9 Å². The van der Waals surface area contributed by atoms with Crippen LogP contribution in [0.2, 0.25) is 0 Å². The number of aromatic nitrogens is 1. The van der Waals surface area contributed by atoms with Crippen molar-refractivity contribution in [3.63, 3.8) is 0 Å². The zero-order valence-corrected chi connectivity index (χ0v) is 11.6. The molecule has 0 bridgehead atoms. The second-order valence-corrected chi connectivity index (χ2v) is 3.18. The molecule has 0 atom stereocenters. The van der Waals surface area contributed by atoms with Crippen molar-refractivity contribution in [2.45, 2.75) is 0 Å². The van der Waals surface area contributed by atoms with Gasteiger partial charge in [-0.3, -0.25) is 0 Å². The summed E-state index contributed by atoms with van der Waals surface area (Å²) in [5.41, 5.74) is -0.189. The van der Waals surface area contributed by atoms with Crippen molar-refractivity contribution in [2.24, 2.45) is 0 Å². The largest absolute Gasteiger partial charge is 1.00 e. The number of rotatable bonds is 1. The number of H-pyrrole nitrogens is 1.